The Balaban J connectivity index is 2.28. The monoisotopic (exact) mass is 367 g/mol. The Morgan fingerprint density at radius 3 is 2.40 bits per heavy atom. The van der Waals surface area contributed by atoms with Gasteiger partial charge in [0.15, 0.2) is 0 Å². The number of hydrogen-bond donors (Lipinski definition) is 0. The summed E-state index contributed by atoms with van der Waals surface area (Å²) in [6, 6.07) is 6.97. The Hall–Kier alpha value is -3.00. The Kier molecular flexibility index (Phi) is 5.66. The Bertz CT molecular complexity index is 834. The average Bonchev–Trinajstić information content (AvgIpc) is 2.59. The number of carbonyl (C=O) groups is 2. The van der Waals surface area contributed by atoms with Crippen molar-refractivity contribution in [1.82, 2.24) is 0 Å². The van der Waals surface area contributed by atoms with Gasteiger partial charge in [0.05, 0.1) is 28.2 Å². The van der Waals surface area contributed by atoms with Gasteiger partial charge in [0.1, 0.15) is 12.4 Å². The van der Waals surface area contributed by atoms with Gasteiger partial charge in [0.2, 0.25) is 0 Å². The van der Waals surface area contributed by atoms with Crippen molar-refractivity contribution in [3.63, 3.8) is 0 Å². The van der Waals surface area contributed by atoms with Crippen LogP contribution in [0, 0.1) is 15.9 Å². The van der Waals surface area contributed by atoms with Crippen LogP contribution in [0.25, 0.3) is 0 Å². The molecule has 7 nitrogen and oxygen atoms in total. The molecule has 0 unspecified atom stereocenters. The molecule has 0 saturated heterocycles. The number of nitro benzene ring substituents is 1. The Morgan fingerprint density at radius 1 is 1.20 bits per heavy atom. The summed E-state index contributed by atoms with van der Waals surface area (Å²) in [5.41, 5.74) is -0.954. The lowest BCUT2D eigenvalue weighted by Gasteiger charge is -2.08. The fraction of sp³-hybridized carbons (Fsp3) is 0.125. The third kappa shape index (κ3) is 4.30. The van der Waals surface area contributed by atoms with Crippen molar-refractivity contribution in [2.45, 2.75) is 6.61 Å². The molecule has 0 radical (unpaired) electrons. The summed E-state index contributed by atoms with van der Waals surface area (Å²) >= 11 is 5.83. The van der Waals surface area contributed by atoms with E-state index in [0.29, 0.717) is 0 Å². The van der Waals surface area contributed by atoms with Crippen LogP contribution in [0.15, 0.2) is 36.4 Å². The average molecular weight is 368 g/mol. The Morgan fingerprint density at radius 2 is 1.84 bits per heavy atom. The molecule has 2 aromatic rings. The number of rotatable bonds is 5. The van der Waals surface area contributed by atoms with Crippen molar-refractivity contribution in [1.29, 1.82) is 0 Å². The standard InChI is InChI=1S/C16H11ClFNO6/c1-24-15(20)9-5-10(7-11(6-9)19(22)23)16(21)25-8-12-13(17)3-2-4-14(12)18/h2-7H,8H2,1H3. The molecule has 2 rings (SSSR count). The van der Waals surface area contributed by atoms with Gasteiger partial charge in [-0.25, -0.2) is 14.0 Å². The summed E-state index contributed by atoms with van der Waals surface area (Å²) < 4.78 is 23.1. The Labute approximate surface area is 146 Å². The van der Waals surface area contributed by atoms with E-state index in [1.54, 1.807) is 0 Å². The highest BCUT2D eigenvalue weighted by atomic mass is 35.5. The highest BCUT2D eigenvalue weighted by molar-refractivity contribution is 6.31. The van der Waals surface area contributed by atoms with E-state index in [-0.39, 0.29) is 21.7 Å². The van der Waals surface area contributed by atoms with Crippen LogP contribution >= 0.6 is 11.6 Å². The van der Waals surface area contributed by atoms with Crippen LogP contribution in [-0.4, -0.2) is 24.0 Å². The second kappa shape index (κ2) is 7.71. The van der Waals surface area contributed by atoms with Gasteiger partial charge < -0.3 is 9.47 Å². The van der Waals surface area contributed by atoms with Gasteiger partial charge >= 0.3 is 11.9 Å². The normalized spacial score (nSPS) is 10.2. The van der Waals surface area contributed by atoms with E-state index >= 15 is 0 Å². The van der Waals surface area contributed by atoms with E-state index in [0.717, 1.165) is 31.4 Å². The zero-order chi connectivity index (χ0) is 18.6. The minimum absolute atomic E-state index is 0.0314. The van der Waals surface area contributed by atoms with Crippen molar-refractivity contribution in [3.05, 3.63) is 74.0 Å². The minimum Gasteiger partial charge on any atom is -0.465 e. The summed E-state index contributed by atoms with van der Waals surface area (Å²) in [7, 11) is 1.10. The van der Waals surface area contributed by atoms with Gasteiger partial charge in [-0.3, -0.25) is 10.1 Å². The van der Waals surface area contributed by atoms with Gasteiger partial charge in [0, 0.05) is 17.7 Å². The predicted molar refractivity (Wildman–Crippen MR) is 85.0 cm³/mol. The van der Waals surface area contributed by atoms with Crippen LogP contribution in [0.5, 0.6) is 0 Å². The molecular formula is C16H11ClFNO6. The first-order chi connectivity index (χ1) is 11.8. The molecule has 0 saturated carbocycles. The summed E-state index contributed by atoms with van der Waals surface area (Å²) in [6.07, 6.45) is 0. The fourth-order valence-electron chi connectivity index (χ4n) is 1.96. The molecule has 0 aliphatic heterocycles. The molecule has 0 aliphatic rings. The number of benzene rings is 2. The molecule has 0 bridgehead atoms. The number of nitrogens with zero attached hydrogens (tertiary/aromatic N) is 1. The number of non-ortho nitro benzene ring substituents is 1. The largest absolute Gasteiger partial charge is 0.465 e. The maximum absolute atomic E-state index is 13.7. The number of carbonyl (C=O) groups excluding carboxylic acids is 2. The first-order valence-electron chi connectivity index (χ1n) is 6.81. The second-order valence-corrected chi connectivity index (χ2v) is 5.20. The summed E-state index contributed by atoms with van der Waals surface area (Å²) in [5, 5.41) is 11.0. The zero-order valence-corrected chi connectivity index (χ0v) is 13.6. The first-order valence-corrected chi connectivity index (χ1v) is 7.19. The number of ether oxygens (including phenoxy) is 2. The smallest absolute Gasteiger partial charge is 0.338 e. The maximum atomic E-state index is 13.7. The van der Waals surface area contributed by atoms with E-state index in [1.165, 1.54) is 12.1 Å². The molecule has 0 amide bonds. The quantitative estimate of drug-likeness (QED) is 0.455. The molecule has 9 heteroatoms. The van der Waals surface area contributed by atoms with E-state index in [4.69, 9.17) is 16.3 Å². The van der Waals surface area contributed by atoms with E-state index in [1.807, 2.05) is 0 Å². The van der Waals surface area contributed by atoms with Crippen LogP contribution in [-0.2, 0) is 16.1 Å². The highest BCUT2D eigenvalue weighted by Gasteiger charge is 2.20. The van der Waals surface area contributed by atoms with Gasteiger partial charge in [-0.2, -0.15) is 0 Å². The van der Waals surface area contributed by atoms with Crippen molar-refractivity contribution in [3.8, 4) is 0 Å². The van der Waals surface area contributed by atoms with Gasteiger partial charge in [-0.1, -0.05) is 17.7 Å². The molecule has 0 spiro atoms. The third-order valence-electron chi connectivity index (χ3n) is 3.19. The summed E-state index contributed by atoms with van der Waals surface area (Å²) in [4.78, 5) is 33.9. The fourth-order valence-corrected chi connectivity index (χ4v) is 2.18. The molecule has 130 valence electrons. The van der Waals surface area contributed by atoms with Crippen molar-refractivity contribution < 1.29 is 28.4 Å². The number of esters is 2. The number of hydrogen-bond acceptors (Lipinski definition) is 6. The molecule has 25 heavy (non-hydrogen) atoms. The molecule has 0 aliphatic carbocycles. The molecule has 0 N–H and O–H groups in total. The second-order valence-electron chi connectivity index (χ2n) is 4.79. The van der Waals surface area contributed by atoms with E-state index < -0.39 is 35.0 Å². The lowest BCUT2D eigenvalue weighted by molar-refractivity contribution is -0.384. The molecule has 0 aromatic heterocycles. The van der Waals surface area contributed by atoms with Gasteiger partial charge in [0.25, 0.3) is 5.69 Å². The lowest BCUT2D eigenvalue weighted by atomic mass is 10.1. The SMILES string of the molecule is COC(=O)c1cc(C(=O)OCc2c(F)cccc2Cl)cc([N+](=O)[O-])c1. The minimum atomic E-state index is -0.979. The van der Waals surface area contributed by atoms with Crippen LogP contribution in [0.2, 0.25) is 5.02 Å². The molecule has 0 heterocycles. The van der Waals surface area contributed by atoms with Crippen molar-refractivity contribution in [2.24, 2.45) is 0 Å². The summed E-state index contributed by atoms with van der Waals surface area (Å²) in [6.45, 7) is -0.472. The zero-order valence-electron chi connectivity index (χ0n) is 12.8. The molecule has 0 atom stereocenters. The predicted octanol–water partition coefficient (Wildman–Crippen LogP) is 3.53. The lowest BCUT2D eigenvalue weighted by Crippen LogP contribution is -2.10. The van der Waals surface area contributed by atoms with Gasteiger partial charge in [-0.05, 0) is 18.2 Å². The van der Waals surface area contributed by atoms with Crippen molar-refractivity contribution in [2.75, 3.05) is 7.11 Å². The number of nitro groups is 1. The van der Waals surface area contributed by atoms with E-state index in [2.05, 4.69) is 4.74 Å². The molecule has 2 aromatic carbocycles. The van der Waals surface area contributed by atoms with E-state index in [9.17, 15) is 24.1 Å². The van der Waals surface area contributed by atoms with Crippen molar-refractivity contribution >= 4 is 29.2 Å². The first kappa shape index (κ1) is 18.3. The maximum Gasteiger partial charge on any atom is 0.338 e. The van der Waals surface area contributed by atoms with Crippen LogP contribution in [0.4, 0.5) is 10.1 Å². The van der Waals surface area contributed by atoms with Crippen LogP contribution in [0.3, 0.4) is 0 Å². The highest BCUT2D eigenvalue weighted by Crippen LogP contribution is 2.22. The topological polar surface area (TPSA) is 95.7 Å². The summed E-state index contributed by atoms with van der Waals surface area (Å²) in [5.74, 6) is -2.49. The molecule has 0 fully saturated rings. The van der Waals surface area contributed by atoms with Gasteiger partial charge in [-0.15, -0.1) is 0 Å². The number of halogens is 2. The van der Waals surface area contributed by atoms with Crippen LogP contribution < -0.4 is 0 Å². The number of methoxy groups -OCH3 is 1. The van der Waals surface area contributed by atoms with Crippen LogP contribution in [0.1, 0.15) is 26.3 Å². The molecular weight excluding hydrogens is 357 g/mol. The third-order valence-corrected chi connectivity index (χ3v) is 3.55.